The summed E-state index contributed by atoms with van der Waals surface area (Å²) in [6, 6.07) is 0. The second kappa shape index (κ2) is 5.05. The Balaban J connectivity index is 1.92. The van der Waals surface area contributed by atoms with Crippen LogP contribution in [0.25, 0.3) is 0 Å². The van der Waals surface area contributed by atoms with Crippen LogP contribution in [0, 0.1) is 11.8 Å². The lowest BCUT2D eigenvalue weighted by Crippen LogP contribution is -2.43. The van der Waals surface area contributed by atoms with E-state index in [4.69, 9.17) is 10.5 Å². The zero-order chi connectivity index (χ0) is 11.6. The molecule has 0 heterocycles. The van der Waals surface area contributed by atoms with Gasteiger partial charge in [-0.3, -0.25) is 0 Å². The molecule has 0 bridgehead atoms. The molecule has 2 rings (SSSR count). The SMILES string of the molecule is CC1CC(C)CC(OC2(CN)CCCC2)C1. The van der Waals surface area contributed by atoms with E-state index in [1.807, 2.05) is 0 Å². The van der Waals surface area contributed by atoms with Gasteiger partial charge in [-0.1, -0.05) is 26.7 Å². The highest BCUT2D eigenvalue weighted by Gasteiger charge is 2.37. The molecule has 0 aromatic rings. The first-order chi connectivity index (χ1) is 7.63. The highest BCUT2D eigenvalue weighted by atomic mass is 16.5. The van der Waals surface area contributed by atoms with Crippen LogP contribution in [-0.2, 0) is 4.74 Å². The second-order valence-corrected chi connectivity index (χ2v) is 6.25. The van der Waals surface area contributed by atoms with Crippen molar-refractivity contribution in [3.8, 4) is 0 Å². The second-order valence-electron chi connectivity index (χ2n) is 6.25. The molecule has 2 fully saturated rings. The third-order valence-corrected chi connectivity index (χ3v) is 4.44. The lowest BCUT2D eigenvalue weighted by atomic mass is 9.81. The Morgan fingerprint density at radius 2 is 1.62 bits per heavy atom. The Morgan fingerprint density at radius 1 is 1.06 bits per heavy atom. The van der Waals surface area contributed by atoms with Gasteiger partial charge in [0, 0.05) is 6.54 Å². The average Bonchev–Trinajstić information content (AvgIpc) is 2.65. The summed E-state index contributed by atoms with van der Waals surface area (Å²) in [6.07, 6.45) is 9.30. The van der Waals surface area contributed by atoms with Crippen molar-refractivity contribution in [3.63, 3.8) is 0 Å². The molecule has 0 aromatic heterocycles. The summed E-state index contributed by atoms with van der Waals surface area (Å²) < 4.78 is 6.40. The Kier molecular flexibility index (Phi) is 3.91. The fraction of sp³-hybridized carbons (Fsp3) is 1.00. The summed E-state index contributed by atoms with van der Waals surface area (Å²) in [5, 5.41) is 0. The Bertz CT molecular complexity index is 213. The number of hydrogen-bond donors (Lipinski definition) is 1. The summed E-state index contributed by atoms with van der Waals surface area (Å²) >= 11 is 0. The molecule has 0 radical (unpaired) electrons. The molecule has 2 nitrogen and oxygen atoms in total. The molecule has 0 amide bonds. The quantitative estimate of drug-likeness (QED) is 0.801. The molecule has 2 aliphatic carbocycles. The normalized spacial score (nSPS) is 38.8. The number of rotatable bonds is 3. The maximum absolute atomic E-state index is 6.40. The predicted octanol–water partition coefficient (Wildman–Crippen LogP) is 3.10. The molecule has 16 heavy (non-hydrogen) atoms. The minimum atomic E-state index is 0.0431. The van der Waals surface area contributed by atoms with Crippen LogP contribution in [0.3, 0.4) is 0 Å². The first-order valence-electron chi connectivity index (χ1n) is 7.01. The van der Waals surface area contributed by atoms with Crippen LogP contribution in [0.2, 0.25) is 0 Å². The molecule has 2 saturated carbocycles. The van der Waals surface area contributed by atoms with E-state index in [0.29, 0.717) is 12.6 Å². The summed E-state index contributed by atoms with van der Waals surface area (Å²) in [5.74, 6) is 1.65. The van der Waals surface area contributed by atoms with Gasteiger partial charge < -0.3 is 10.5 Å². The molecule has 0 saturated heterocycles. The first kappa shape index (κ1) is 12.4. The van der Waals surface area contributed by atoms with Crippen LogP contribution in [-0.4, -0.2) is 18.2 Å². The van der Waals surface area contributed by atoms with Gasteiger partial charge in [-0.05, 0) is 43.9 Å². The zero-order valence-corrected chi connectivity index (χ0v) is 10.9. The van der Waals surface area contributed by atoms with Gasteiger partial charge in [-0.2, -0.15) is 0 Å². The van der Waals surface area contributed by atoms with Gasteiger partial charge in [0.25, 0.3) is 0 Å². The van der Waals surface area contributed by atoms with E-state index in [-0.39, 0.29) is 5.60 Å². The lowest BCUT2D eigenvalue weighted by Gasteiger charge is -2.38. The molecule has 2 unspecified atom stereocenters. The third-order valence-electron chi connectivity index (χ3n) is 4.44. The van der Waals surface area contributed by atoms with Crippen LogP contribution in [0.5, 0.6) is 0 Å². The van der Waals surface area contributed by atoms with Gasteiger partial charge >= 0.3 is 0 Å². The molecular formula is C14H27NO. The minimum Gasteiger partial charge on any atom is -0.370 e. The van der Waals surface area contributed by atoms with Crippen molar-refractivity contribution < 1.29 is 4.74 Å². The summed E-state index contributed by atoms with van der Waals surface area (Å²) in [6.45, 7) is 5.43. The molecule has 0 spiro atoms. The fourth-order valence-electron chi connectivity index (χ4n) is 3.71. The Hall–Kier alpha value is -0.0800. The van der Waals surface area contributed by atoms with Gasteiger partial charge in [0.05, 0.1) is 11.7 Å². The number of ether oxygens (including phenoxy) is 1. The van der Waals surface area contributed by atoms with Crippen molar-refractivity contribution in [2.45, 2.75) is 70.5 Å². The molecule has 94 valence electrons. The van der Waals surface area contributed by atoms with Gasteiger partial charge in [-0.25, -0.2) is 0 Å². The molecule has 0 aromatic carbocycles. The third kappa shape index (κ3) is 2.78. The van der Waals surface area contributed by atoms with Crippen LogP contribution < -0.4 is 5.73 Å². The maximum Gasteiger partial charge on any atom is 0.0807 e. The average molecular weight is 225 g/mol. The largest absolute Gasteiger partial charge is 0.370 e. The fourth-order valence-corrected chi connectivity index (χ4v) is 3.71. The van der Waals surface area contributed by atoms with Crippen molar-refractivity contribution in [2.75, 3.05) is 6.54 Å². The topological polar surface area (TPSA) is 35.2 Å². The lowest BCUT2D eigenvalue weighted by molar-refractivity contribution is -0.108. The van der Waals surface area contributed by atoms with Gasteiger partial charge in [0.15, 0.2) is 0 Å². The van der Waals surface area contributed by atoms with Crippen LogP contribution in [0.1, 0.15) is 58.8 Å². The summed E-state index contributed by atoms with van der Waals surface area (Å²) in [5.41, 5.74) is 5.97. The molecule has 2 atom stereocenters. The predicted molar refractivity (Wildman–Crippen MR) is 67.3 cm³/mol. The van der Waals surface area contributed by atoms with E-state index >= 15 is 0 Å². The Labute approximate surface area is 99.9 Å². The highest BCUT2D eigenvalue weighted by molar-refractivity contribution is 4.89. The van der Waals surface area contributed by atoms with Crippen molar-refractivity contribution in [2.24, 2.45) is 17.6 Å². The van der Waals surface area contributed by atoms with Gasteiger partial charge in [0.2, 0.25) is 0 Å². The van der Waals surface area contributed by atoms with Crippen molar-refractivity contribution in [1.82, 2.24) is 0 Å². The number of hydrogen-bond acceptors (Lipinski definition) is 2. The molecule has 2 N–H and O–H groups in total. The molecule has 2 heteroatoms. The maximum atomic E-state index is 6.40. The Morgan fingerprint density at radius 3 is 2.12 bits per heavy atom. The van der Waals surface area contributed by atoms with Crippen molar-refractivity contribution in [1.29, 1.82) is 0 Å². The van der Waals surface area contributed by atoms with E-state index in [1.54, 1.807) is 0 Å². The number of nitrogens with two attached hydrogens (primary N) is 1. The standard InChI is InChI=1S/C14H27NO/c1-11-7-12(2)9-13(8-11)16-14(10-15)5-3-4-6-14/h11-13H,3-10,15H2,1-2H3. The zero-order valence-electron chi connectivity index (χ0n) is 10.9. The van der Waals surface area contributed by atoms with E-state index in [2.05, 4.69) is 13.8 Å². The minimum absolute atomic E-state index is 0.0431. The molecule has 0 aliphatic heterocycles. The van der Waals surface area contributed by atoms with Crippen LogP contribution in [0.15, 0.2) is 0 Å². The summed E-state index contributed by atoms with van der Waals surface area (Å²) in [4.78, 5) is 0. The molecular weight excluding hydrogens is 198 g/mol. The van der Waals surface area contributed by atoms with E-state index in [9.17, 15) is 0 Å². The van der Waals surface area contributed by atoms with E-state index in [0.717, 1.165) is 11.8 Å². The van der Waals surface area contributed by atoms with Crippen LogP contribution in [0.4, 0.5) is 0 Å². The highest BCUT2D eigenvalue weighted by Crippen LogP contribution is 2.38. The van der Waals surface area contributed by atoms with E-state index < -0.39 is 0 Å². The van der Waals surface area contributed by atoms with Gasteiger partial charge in [-0.15, -0.1) is 0 Å². The van der Waals surface area contributed by atoms with Crippen molar-refractivity contribution in [3.05, 3.63) is 0 Å². The van der Waals surface area contributed by atoms with Crippen LogP contribution >= 0.6 is 0 Å². The monoisotopic (exact) mass is 225 g/mol. The van der Waals surface area contributed by atoms with Gasteiger partial charge in [0.1, 0.15) is 0 Å². The molecule has 2 aliphatic rings. The first-order valence-corrected chi connectivity index (χ1v) is 7.01. The van der Waals surface area contributed by atoms with E-state index in [1.165, 1.54) is 44.9 Å². The smallest absolute Gasteiger partial charge is 0.0807 e. The summed E-state index contributed by atoms with van der Waals surface area (Å²) in [7, 11) is 0. The van der Waals surface area contributed by atoms with Crippen molar-refractivity contribution >= 4 is 0 Å².